The number of pyridine rings is 1. The molecule has 0 spiro atoms. The molecule has 1 heterocycles. The molecule has 0 fully saturated rings. The molecule has 0 amide bonds. The SMILES string of the molecule is Cc1ccc(Oc2cccc(CNC(C)(C)C)n2)cc1. The zero-order valence-corrected chi connectivity index (χ0v) is 12.6. The molecule has 3 nitrogen and oxygen atoms in total. The quantitative estimate of drug-likeness (QED) is 0.909. The van der Waals surface area contributed by atoms with Crippen LogP contribution in [-0.4, -0.2) is 10.5 Å². The molecule has 0 unspecified atom stereocenters. The van der Waals surface area contributed by atoms with Crippen molar-refractivity contribution in [3.63, 3.8) is 0 Å². The summed E-state index contributed by atoms with van der Waals surface area (Å²) in [6.07, 6.45) is 0. The molecule has 0 aliphatic heterocycles. The van der Waals surface area contributed by atoms with Crippen molar-refractivity contribution in [2.45, 2.75) is 39.8 Å². The first-order valence-corrected chi connectivity index (χ1v) is 6.88. The predicted octanol–water partition coefficient (Wildman–Crippen LogP) is 4.07. The molecule has 0 aliphatic rings. The number of aromatic nitrogens is 1. The number of rotatable bonds is 4. The Hall–Kier alpha value is -1.87. The maximum atomic E-state index is 5.77. The Morgan fingerprint density at radius 1 is 1.05 bits per heavy atom. The van der Waals surface area contributed by atoms with Gasteiger partial charge in [-0.25, -0.2) is 4.98 Å². The van der Waals surface area contributed by atoms with Crippen molar-refractivity contribution in [1.82, 2.24) is 10.3 Å². The number of benzene rings is 1. The van der Waals surface area contributed by atoms with Crippen LogP contribution in [0.4, 0.5) is 0 Å². The third-order valence-electron chi connectivity index (χ3n) is 2.82. The van der Waals surface area contributed by atoms with E-state index in [9.17, 15) is 0 Å². The van der Waals surface area contributed by atoms with Gasteiger partial charge in [0, 0.05) is 18.2 Å². The van der Waals surface area contributed by atoms with Gasteiger partial charge in [-0.05, 0) is 45.9 Å². The second kappa shape index (κ2) is 6.06. The summed E-state index contributed by atoms with van der Waals surface area (Å²) in [5.41, 5.74) is 2.27. The van der Waals surface area contributed by atoms with Crippen molar-refractivity contribution in [3.8, 4) is 11.6 Å². The summed E-state index contributed by atoms with van der Waals surface area (Å²) in [5, 5.41) is 3.42. The van der Waals surface area contributed by atoms with Gasteiger partial charge in [0.15, 0.2) is 0 Å². The maximum absolute atomic E-state index is 5.77. The van der Waals surface area contributed by atoms with Crippen LogP contribution in [0.5, 0.6) is 11.6 Å². The predicted molar refractivity (Wildman–Crippen MR) is 82.1 cm³/mol. The van der Waals surface area contributed by atoms with Crippen molar-refractivity contribution in [3.05, 3.63) is 53.7 Å². The van der Waals surface area contributed by atoms with Gasteiger partial charge in [0.1, 0.15) is 5.75 Å². The standard InChI is InChI=1S/C17H22N2O/c1-13-8-10-15(11-9-13)20-16-7-5-6-14(19-16)12-18-17(2,3)4/h5-11,18H,12H2,1-4H3. The summed E-state index contributed by atoms with van der Waals surface area (Å²) in [6, 6.07) is 13.8. The summed E-state index contributed by atoms with van der Waals surface area (Å²) in [6.45, 7) is 9.20. The monoisotopic (exact) mass is 270 g/mol. The molecular formula is C17H22N2O. The van der Waals surface area contributed by atoms with E-state index in [0.717, 1.165) is 18.0 Å². The highest BCUT2D eigenvalue weighted by Gasteiger charge is 2.09. The largest absolute Gasteiger partial charge is 0.439 e. The molecule has 1 aromatic carbocycles. The lowest BCUT2D eigenvalue weighted by Crippen LogP contribution is -2.35. The highest BCUT2D eigenvalue weighted by molar-refractivity contribution is 5.30. The van der Waals surface area contributed by atoms with Gasteiger partial charge in [0.25, 0.3) is 0 Å². The number of nitrogens with zero attached hydrogens (tertiary/aromatic N) is 1. The van der Waals surface area contributed by atoms with Crippen molar-refractivity contribution in [1.29, 1.82) is 0 Å². The first kappa shape index (κ1) is 14.5. The van der Waals surface area contributed by atoms with Gasteiger partial charge in [-0.2, -0.15) is 0 Å². The van der Waals surface area contributed by atoms with Gasteiger partial charge >= 0.3 is 0 Å². The number of hydrogen-bond donors (Lipinski definition) is 1. The molecule has 0 saturated carbocycles. The molecule has 1 N–H and O–H groups in total. The number of aryl methyl sites for hydroxylation is 1. The summed E-state index contributed by atoms with van der Waals surface area (Å²) in [4.78, 5) is 4.51. The first-order valence-electron chi connectivity index (χ1n) is 6.88. The zero-order valence-electron chi connectivity index (χ0n) is 12.6. The van der Waals surface area contributed by atoms with Crippen molar-refractivity contribution in [2.24, 2.45) is 0 Å². The molecule has 1 aromatic heterocycles. The molecular weight excluding hydrogens is 248 g/mol. The average molecular weight is 270 g/mol. The fraction of sp³-hybridized carbons (Fsp3) is 0.353. The Morgan fingerprint density at radius 3 is 2.40 bits per heavy atom. The minimum atomic E-state index is 0.0789. The van der Waals surface area contributed by atoms with Crippen molar-refractivity contribution >= 4 is 0 Å². The molecule has 106 valence electrons. The van der Waals surface area contributed by atoms with E-state index in [1.165, 1.54) is 5.56 Å². The molecule has 2 aromatic rings. The van der Waals surface area contributed by atoms with Crippen LogP contribution >= 0.6 is 0 Å². The van der Waals surface area contributed by atoms with Gasteiger partial charge in [0.05, 0.1) is 5.69 Å². The van der Waals surface area contributed by atoms with Crippen LogP contribution in [0, 0.1) is 6.92 Å². The first-order chi connectivity index (χ1) is 9.42. The van der Waals surface area contributed by atoms with Gasteiger partial charge in [0.2, 0.25) is 5.88 Å². The highest BCUT2D eigenvalue weighted by atomic mass is 16.5. The van der Waals surface area contributed by atoms with Gasteiger partial charge < -0.3 is 10.1 Å². The highest BCUT2D eigenvalue weighted by Crippen LogP contribution is 2.20. The van der Waals surface area contributed by atoms with Crippen LogP contribution in [0.2, 0.25) is 0 Å². The topological polar surface area (TPSA) is 34.1 Å². The third kappa shape index (κ3) is 4.67. The maximum Gasteiger partial charge on any atom is 0.219 e. The smallest absolute Gasteiger partial charge is 0.219 e. The lowest BCUT2D eigenvalue weighted by Gasteiger charge is -2.20. The summed E-state index contributed by atoms with van der Waals surface area (Å²) >= 11 is 0. The molecule has 0 bridgehead atoms. The average Bonchev–Trinajstić information content (AvgIpc) is 2.39. The van der Waals surface area contributed by atoms with Crippen LogP contribution in [0.25, 0.3) is 0 Å². The van der Waals surface area contributed by atoms with Gasteiger partial charge in [-0.15, -0.1) is 0 Å². The van der Waals surface area contributed by atoms with Gasteiger partial charge in [-0.1, -0.05) is 23.8 Å². The van der Waals surface area contributed by atoms with Crippen LogP contribution in [0.3, 0.4) is 0 Å². The Labute approximate surface area is 121 Å². The summed E-state index contributed by atoms with van der Waals surface area (Å²) in [5.74, 6) is 1.44. The third-order valence-corrected chi connectivity index (χ3v) is 2.82. The minimum absolute atomic E-state index is 0.0789. The van der Waals surface area contributed by atoms with E-state index in [4.69, 9.17) is 4.74 Å². The van der Waals surface area contributed by atoms with E-state index in [1.807, 2.05) is 42.5 Å². The number of hydrogen-bond acceptors (Lipinski definition) is 3. The Balaban J connectivity index is 2.04. The molecule has 0 aliphatic carbocycles. The summed E-state index contributed by atoms with van der Waals surface area (Å²) in [7, 11) is 0. The lowest BCUT2D eigenvalue weighted by molar-refractivity contribution is 0.416. The van der Waals surface area contributed by atoms with Crippen LogP contribution in [-0.2, 0) is 6.54 Å². The van der Waals surface area contributed by atoms with Crippen LogP contribution in [0.1, 0.15) is 32.0 Å². The normalized spacial score (nSPS) is 11.4. The van der Waals surface area contributed by atoms with Gasteiger partial charge in [-0.3, -0.25) is 0 Å². The van der Waals surface area contributed by atoms with Crippen LogP contribution in [0.15, 0.2) is 42.5 Å². The molecule has 0 radical (unpaired) electrons. The van der Waals surface area contributed by atoms with E-state index >= 15 is 0 Å². The molecule has 0 saturated heterocycles. The Kier molecular flexibility index (Phi) is 4.40. The van der Waals surface area contributed by atoms with E-state index in [2.05, 4.69) is 38.0 Å². The lowest BCUT2D eigenvalue weighted by atomic mass is 10.1. The minimum Gasteiger partial charge on any atom is -0.439 e. The summed E-state index contributed by atoms with van der Waals surface area (Å²) < 4.78 is 5.77. The van der Waals surface area contributed by atoms with E-state index < -0.39 is 0 Å². The number of nitrogens with one attached hydrogen (secondary N) is 1. The fourth-order valence-corrected chi connectivity index (χ4v) is 1.70. The second-order valence-corrected chi connectivity index (χ2v) is 5.99. The van der Waals surface area contributed by atoms with Crippen molar-refractivity contribution in [2.75, 3.05) is 0 Å². The molecule has 0 atom stereocenters. The molecule has 2 rings (SSSR count). The Bertz CT molecular complexity index is 556. The van der Waals surface area contributed by atoms with Crippen LogP contribution < -0.4 is 10.1 Å². The van der Waals surface area contributed by atoms with E-state index in [1.54, 1.807) is 0 Å². The molecule has 3 heteroatoms. The molecule has 20 heavy (non-hydrogen) atoms. The van der Waals surface area contributed by atoms with E-state index in [-0.39, 0.29) is 5.54 Å². The fourth-order valence-electron chi connectivity index (χ4n) is 1.70. The number of ether oxygens (including phenoxy) is 1. The van der Waals surface area contributed by atoms with E-state index in [0.29, 0.717) is 5.88 Å². The van der Waals surface area contributed by atoms with Crippen molar-refractivity contribution < 1.29 is 4.74 Å². The Morgan fingerprint density at radius 2 is 1.75 bits per heavy atom. The second-order valence-electron chi connectivity index (χ2n) is 5.99. The zero-order chi connectivity index (χ0) is 14.6.